The molecular weight excluding hydrogens is 288 g/mol. The summed E-state index contributed by atoms with van der Waals surface area (Å²) in [6, 6.07) is 0.487. The van der Waals surface area contributed by atoms with Crippen LogP contribution in [-0.4, -0.2) is 34.9 Å². The number of nitrogens with one attached hydrogen (secondary N) is 1. The second-order valence-corrected chi connectivity index (χ2v) is 6.62. The molecule has 1 N–H and O–H groups in total. The molecule has 2 rings (SSSR count). The van der Waals surface area contributed by atoms with E-state index in [1.165, 1.54) is 0 Å². The van der Waals surface area contributed by atoms with Gasteiger partial charge in [-0.05, 0) is 39.5 Å². The van der Waals surface area contributed by atoms with Crippen molar-refractivity contribution in [3.05, 3.63) is 12.5 Å². The zero-order valence-corrected chi connectivity index (χ0v) is 13.6. The number of unbranched alkanes of at least 4 members (excludes halogenated alkanes) is 1. The van der Waals surface area contributed by atoms with E-state index in [4.69, 9.17) is 9.15 Å². The summed E-state index contributed by atoms with van der Waals surface area (Å²) >= 11 is 1.61. The number of carbonyl (C=O) groups excluding carboxylic acids is 1. The number of carbonyl (C=O) groups is 1. The Kier molecular flexibility index (Phi) is 6.11. The number of hydrogen-bond donors (Lipinski definition) is 1. The fraction of sp³-hybridized carbons (Fsp3) is 0.733. The maximum absolute atomic E-state index is 12.2. The third-order valence-corrected chi connectivity index (χ3v) is 4.47. The first kappa shape index (κ1) is 16.4. The van der Waals surface area contributed by atoms with Gasteiger partial charge in [-0.15, -0.1) is 0 Å². The van der Waals surface area contributed by atoms with Crippen LogP contribution in [0.25, 0.3) is 0 Å². The molecule has 1 unspecified atom stereocenters. The van der Waals surface area contributed by atoms with Crippen LogP contribution in [0.5, 0.6) is 0 Å². The summed E-state index contributed by atoms with van der Waals surface area (Å²) in [4.78, 5) is 16.2. The Balaban J connectivity index is 1.71. The van der Waals surface area contributed by atoms with Crippen molar-refractivity contribution in [2.75, 3.05) is 12.4 Å². The van der Waals surface area contributed by atoms with Gasteiger partial charge in [-0.1, -0.05) is 18.2 Å². The first-order valence-corrected chi connectivity index (χ1v) is 8.60. The Bertz CT molecular complexity index is 434. The zero-order chi connectivity index (χ0) is 15.1. The third kappa shape index (κ3) is 5.36. The monoisotopic (exact) mass is 312 g/mol. The lowest BCUT2D eigenvalue weighted by Crippen LogP contribution is -2.51. The zero-order valence-electron chi connectivity index (χ0n) is 12.8. The van der Waals surface area contributed by atoms with E-state index >= 15 is 0 Å². The van der Waals surface area contributed by atoms with Gasteiger partial charge in [0.25, 0.3) is 5.22 Å². The first-order valence-electron chi connectivity index (χ1n) is 7.61. The molecule has 1 aliphatic carbocycles. The van der Waals surface area contributed by atoms with E-state index in [0.29, 0.717) is 17.9 Å². The van der Waals surface area contributed by atoms with Crippen molar-refractivity contribution in [1.82, 2.24) is 10.3 Å². The maximum atomic E-state index is 12.2. The molecule has 1 saturated carbocycles. The van der Waals surface area contributed by atoms with Crippen LogP contribution in [0.4, 0.5) is 0 Å². The van der Waals surface area contributed by atoms with Crippen molar-refractivity contribution in [3.63, 3.8) is 0 Å². The van der Waals surface area contributed by atoms with Crippen LogP contribution >= 0.6 is 11.8 Å². The largest absolute Gasteiger partial charge is 0.465 e. The Morgan fingerprint density at radius 1 is 1.57 bits per heavy atom. The number of rotatable bonds is 10. The summed E-state index contributed by atoms with van der Waals surface area (Å²) in [5.41, 5.74) is -0.551. The summed E-state index contributed by atoms with van der Waals surface area (Å²) < 4.78 is 10.4. The number of hydrogen-bond acceptors (Lipinski definition) is 6. The van der Waals surface area contributed by atoms with Gasteiger partial charge in [0.15, 0.2) is 0 Å². The van der Waals surface area contributed by atoms with Crippen molar-refractivity contribution in [2.24, 2.45) is 0 Å². The molecule has 6 heteroatoms. The highest BCUT2D eigenvalue weighted by Gasteiger charge is 2.38. The highest BCUT2D eigenvalue weighted by Crippen LogP contribution is 2.27. The normalized spacial score (nSPS) is 17.4. The van der Waals surface area contributed by atoms with E-state index in [1.807, 2.05) is 13.8 Å². The number of ether oxygens (including phenoxy) is 1. The molecule has 0 aliphatic heterocycles. The first-order chi connectivity index (χ1) is 10.1. The molecule has 1 heterocycles. The number of nitrogens with zero attached hydrogens (tertiary/aromatic N) is 1. The minimum atomic E-state index is -0.551. The Morgan fingerprint density at radius 2 is 2.38 bits per heavy atom. The Hall–Kier alpha value is -1.01. The smallest absolute Gasteiger partial charge is 0.326 e. The quantitative estimate of drug-likeness (QED) is 0.407. The molecule has 118 valence electrons. The summed E-state index contributed by atoms with van der Waals surface area (Å²) in [5, 5.41) is 4.15. The second-order valence-electron chi connectivity index (χ2n) is 5.57. The van der Waals surface area contributed by atoms with E-state index in [9.17, 15) is 4.79 Å². The van der Waals surface area contributed by atoms with Crippen LogP contribution in [0.2, 0.25) is 0 Å². The Labute approximate surface area is 130 Å². The van der Waals surface area contributed by atoms with Gasteiger partial charge in [0, 0.05) is 11.8 Å². The predicted octanol–water partition coefficient (Wildman–Crippen LogP) is 3.01. The van der Waals surface area contributed by atoms with Crippen molar-refractivity contribution >= 4 is 17.7 Å². The molecule has 1 aliphatic rings. The predicted molar refractivity (Wildman–Crippen MR) is 82.3 cm³/mol. The molecule has 1 aromatic rings. The summed E-state index contributed by atoms with van der Waals surface area (Å²) in [6.07, 6.45) is 8.36. The molecular formula is C15H24N2O3S. The van der Waals surface area contributed by atoms with Crippen LogP contribution in [0, 0.1) is 0 Å². The fourth-order valence-corrected chi connectivity index (χ4v) is 3.01. The summed E-state index contributed by atoms with van der Waals surface area (Å²) in [7, 11) is 0. The van der Waals surface area contributed by atoms with Crippen LogP contribution in [0.3, 0.4) is 0 Å². The molecule has 0 amide bonds. The number of esters is 1. The highest BCUT2D eigenvalue weighted by atomic mass is 32.2. The molecule has 0 bridgehead atoms. The maximum Gasteiger partial charge on any atom is 0.326 e. The van der Waals surface area contributed by atoms with Crippen molar-refractivity contribution in [3.8, 4) is 0 Å². The molecule has 0 saturated heterocycles. The fourth-order valence-electron chi connectivity index (χ4n) is 2.22. The number of oxazole rings is 1. The average Bonchev–Trinajstić information content (AvgIpc) is 3.11. The van der Waals surface area contributed by atoms with Crippen molar-refractivity contribution in [2.45, 2.75) is 62.8 Å². The standard InChI is InChI=1S/C15H24N2O3S/c1-3-19-13(18)15(2,17-12-6-7-12)8-4-5-11-21-14-16-9-10-20-14/h9-10,12,17H,3-8,11H2,1-2H3. The van der Waals surface area contributed by atoms with Gasteiger partial charge in [-0.2, -0.15) is 0 Å². The number of thioether (sulfide) groups is 1. The van der Waals surface area contributed by atoms with Gasteiger partial charge in [-0.3, -0.25) is 10.1 Å². The Morgan fingerprint density at radius 3 is 3.00 bits per heavy atom. The van der Waals surface area contributed by atoms with Crippen molar-refractivity contribution in [1.29, 1.82) is 0 Å². The van der Waals surface area contributed by atoms with Gasteiger partial charge >= 0.3 is 5.97 Å². The molecule has 0 aromatic carbocycles. The molecule has 0 radical (unpaired) electrons. The lowest BCUT2D eigenvalue weighted by atomic mass is 9.94. The second kappa shape index (κ2) is 7.84. The van der Waals surface area contributed by atoms with Crippen LogP contribution < -0.4 is 5.32 Å². The highest BCUT2D eigenvalue weighted by molar-refractivity contribution is 7.99. The van der Waals surface area contributed by atoms with Crippen LogP contribution in [0.1, 0.15) is 46.0 Å². The van der Waals surface area contributed by atoms with Crippen LogP contribution in [-0.2, 0) is 9.53 Å². The minimum Gasteiger partial charge on any atom is -0.465 e. The molecule has 1 fully saturated rings. The average molecular weight is 312 g/mol. The summed E-state index contributed by atoms with van der Waals surface area (Å²) in [5.74, 6) is 0.820. The molecule has 1 aromatic heterocycles. The van der Waals surface area contributed by atoms with E-state index in [2.05, 4.69) is 10.3 Å². The third-order valence-electron chi connectivity index (χ3n) is 3.53. The van der Waals surface area contributed by atoms with Crippen molar-refractivity contribution < 1.29 is 13.9 Å². The van der Waals surface area contributed by atoms with E-state index in [1.54, 1.807) is 24.2 Å². The summed E-state index contributed by atoms with van der Waals surface area (Å²) in [6.45, 7) is 4.24. The van der Waals surface area contributed by atoms with Gasteiger partial charge in [-0.25, -0.2) is 4.98 Å². The van der Waals surface area contributed by atoms with E-state index in [-0.39, 0.29) is 5.97 Å². The minimum absolute atomic E-state index is 0.128. The molecule has 1 atom stereocenters. The SMILES string of the molecule is CCOC(=O)C(C)(CCCCSc1ncco1)NC1CC1. The van der Waals surface area contributed by atoms with Gasteiger partial charge < -0.3 is 9.15 Å². The van der Waals surface area contributed by atoms with E-state index in [0.717, 1.165) is 37.9 Å². The lowest BCUT2D eigenvalue weighted by Gasteiger charge is -2.28. The van der Waals surface area contributed by atoms with Gasteiger partial charge in [0.1, 0.15) is 11.8 Å². The van der Waals surface area contributed by atoms with Crippen LogP contribution in [0.15, 0.2) is 22.1 Å². The lowest BCUT2D eigenvalue weighted by molar-refractivity contribution is -0.151. The molecule has 21 heavy (non-hydrogen) atoms. The topological polar surface area (TPSA) is 64.4 Å². The molecule has 5 nitrogen and oxygen atoms in total. The van der Waals surface area contributed by atoms with E-state index < -0.39 is 5.54 Å². The van der Waals surface area contributed by atoms with Gasteiger partial charge in [0.05, 0.1) is 12.8 Å². The molecule has 0 spiro atoms. The van der Waals surface area contributed by atoms with Gasteiger partial charge in [0.2, 0.25) is 0 Å². The number of aromatic nitrogens is 1.